The van der Waals surface area contributed by atoms with Gasteiger partial charge < -0.3 is 0 Å². The molecule has 3 nitrogen and oxygen atoms in total. The molecule has 0 unspecified atom stereocenters. The second-order valence-electron chi connectivity index (χ2n) is 5.01. The number of amides is 1. The van der Waals surface area contributed by atoms with Gasteiger partial charge >= 0.3 is 0 Å². The summed E-state index contributed by atoms with van der Waals surface area (Å²) in [7, 11) is 0. The van der Waals surface area contributed by atoms with Gasteiger partial charge in [0.05, 0.1) is 22.0 Å². The van der Waals surface area contributed by atoms with Crippen LogP contribution in [0, 0.1) is 0 Å². The minimum absolute atomic E-state index is 0.230. The molecule has 0 saturated carbocycles. The Morgan fingerprint density at radius 3 is 2.70 bits per heavy atom. The third-order valence-electron chi connectivity index (χ3n) is 3.36. The lowest BCUT2D eigenvalue weighted by Gasteiger charge is -2.13. The number of anilines is 1. The van der Waals surface area contributed by atoms with Gasteiger partial charge in [-0.2, -0.15) is 10.1 Å². The first-order valence-electron chi connectivity index (χ1n) is 6.78. The molecule has 23 heavy (non-hydrogen) atoms. The molecule has 0 fully saturated rings. The van der Waals surface area contributed by atoms with E-state index in [4.69, 9.17) is 23.2 Å². The van der Waals surface area contributed by atoms with Crippen molar-refractivity contribution in [3.8, 4) is 0 Å². The summed E-state index contributed by atoms with van der Waals surface area (Å²) in [6, 6.07) is 12.6. The third-order valence-corrected chi connectivity index (χ3v) is 4.41. The average Bonchev–Trinajstić information content (AvgIpc) is 2.78. The van der Waals surface area contributed by atoms with Gasteiger partial charge in [0.15, 0.2) is 0 Å². The van der Waals surface area contributed by atoms with Crippen LogP contribution in [0.3, 0.4) is 0 Å². The Labute approximate surface area is 152 Å². The van der Waals surface area contributed by atoms with Crippen molar-refractivity contribution in [2.75, 3.05) is 5.01 Å². The van der Waals surface area contributed by atoms with Crippen molar-refractivity contribution in [2.24, 2.45) is 5.10 Å². The van der Waals surface area contributed by atoms with E-state index >= 15 is 0 Å². The van der Waals surface area contributed by atoms with E-state index in [1.54, 1.807) is 25.1 Å². The lowest BCUT2D eigenvalue weighted by Crippen LogP contribution is -2.21. The molecule has 1 amide bonds. The van der Waals surface area contributed by atoms with Crippen molar-refractivity contribution in [3.05, 3.63) is 68.1 Å². The van der Waals surface area contributed by atoms with Crippen molar-refractivity contribution in [1.82, 2.24) is 0 Å². The largest absolute Gasteiger partial charge is 0.280 e. The maximum atomic E-state index is 12.7. The number of benzene rings is 2. The number of hydrazone groups is 1. The molecule has 1 aliphatic rings. The molecule has 0 spiro atoms. The van der Waals surface area contributed by atoms with E-state index in [1.165, 1.54) is 5.01 Å². The zero-order chi connectivity index (χ0) is 16.6. The smallest absolute Gasteiger partial charge is 0.267 e. The van der Waals surface area contributed by atoms with Crippen molar-refractivity contribution < 1.29 is 4.79 Å². The third kappa shape index (κ3) is 3.34. The van der Waals surface area contributed by atoms with E-state index in [-0.39, 0.29) is 5.91 Å². The van der Waals surface area contributed by atoms with Gasteiger partial charge in [-0.05, 0) is 48.9 Å². The van der Waals surface area contributed by atoms with Crippen LogP contribution in [0.5, 0.6) is 0 Å². The minimum Gasteiger partial charge on any atom is -0.267 e. The molecular formula is C17H11BrCl2N2O. The van der Waals surface area contributed by atoms with E-state index < -0.39 is 0 Å². The van der Waals surface area contributed by atoms with Crippen LogP contribution < -0.4 is 5.01 Å². The van der Waals surface area contributed by atoms with Crippen LogP contribution >= 0.6 is 39.1 Å². The van der Waals surface area contributed by atoms with E-state index in [0.29, 0.717) is 27.0 Å². The number of hydrogen-bond donors (Lipinski definition) is 0. The number of carbonyl (C=O) groups excluding carboxylic acids is 1. The van der Waals surface area contributed by atoms with E-state index in [0.717, 1.165) is 10.0 Å². The van der Waals surface area contributed by atoms with Crippen LogP contribution in [0.2, 0.25) is 10.0 Å². The first kappa shape index (κ1) is 16.2. The van der Waals surface area contributed by atoms with Crippen molar-refractivity contribution >= 4 is 62.5 Å². The van der Waals surface area contributed by atoms with Crippen LogP contribution in [0.15, 0.2) is 57.6 Å². The zero-order valence-electron chi connectivity index (χ0n) is 12.1. The molecule has 0 bridgehead atoms. The number of rotatable bonds is 2. The molecular weight excluding hydrogens is 399 g/mol. The molecule has 0 aliphatic carbocycles. The van der Waals surface area contributed by atoms with Crippen LogP contribution in [-0.2, 0) is 4.79 Å². The Morgan fingerprint density at radius 2 is 1.96 bits per heavy atom. The second kappa shape index (κ2) is 6.48. The highest BCUT2D eigenvalue weighted by molar-refractivity contribution is 9.10. The summed E-state index contributed by atoms with van der Waals surface area (Å²) in [4.78, 5) is 12.7. The maximum Gasteiger partial charge on any atom is 0.280 e. The van der Waals surface area contributed by atoms with E-state index in [1.807, 2.05) is 30.3 Å². The van der Waals surface area contributed by atoms with Crippen LogP contribution in [0.25, 0.3) is 6.08 Å². The summed E-state index contributed by atoms with van der Waals surface area (Å²) in [6.45, 7) is 1.79. The Morgan fingerprint density at radius 1 is 1.17 bits per heavy atom. The summed E-state index contributed by atoms with van der Waals surface area (Å²) in [5, 5.41) is 6.52. The molecule has 0 atom stereocenters. The minimum atomic E-state index is -0.230. The summed E-state index contributed by atoms with van der Waals surface area (Å²) in [5.74, 6) is -0.230. The summed E-state index contributed by atoms with van der Waals surface area (Å²) < 4.78 is 0.946. The van der Waals surface area contributed by atoms with Gasteiger partial charge in [0.2, 0.25) is 0 Å². The van der Waals surface area contributed by atoms with Gasteiger partial charge in [-0.25, -0.2) is 0 Å². The molecule has 2 aromatic carbocycles. The highest BCUT2D eigenvalue weighted by Gasteiger charge is 2.30. The first-order chi connectivity index (χ1) is 11.0. The molecule has 0 saturated heterocycles. The summed E-state index contributed by atoms with van der Waals surface area (Å²) in [6.07, 6.45) is 1.81. The number of nitrogens with zero attached hydrogens (tertiary/aromatic N) is 2. The zero-order valence-corrected chi connectivity index (χ0v) is 15.2. The molecule has 0 radical (unpaired) electrons. The number of hydrogen-bond acceptors (Lipinski definition) is 2. The predicted molar refractivity (Wildman–Crippen MR) is 99.2 cm³/mol. The Bertz CT molecular complexity index is 861. The monoisotopic (exact) mass is 408 g/mol. The molecule has 3 rings (SSSR count). The van der Waals surface area contributed by atoms with Crippen molar-refractivity contribution in [2.45, 2.75) is 6.92 Å². The van der Waals surface area contributed by atoms with Crippen LogP contribution in [0.4, 0.5) is 5.69 Å². The molecule has 6 heteroatoms. The van der Waals surface area contributed by atoms with Crippen molar-refractivity contribution in [1.29, 1.82) is 0 Å². The highest BCUT2D eigenvalue weighted by Crippen LogP contribution is 2.33. The molecule has 1 aliphatic heterocycles. The SMILES string of the molecule is CC1=NN(c2cc(Cl)ccc2Cl)C(=O)/C1=C\c1cccc(Br)c1. The average molecular weight is 410 g/mol. The maximum absolute atomic E-state index is 12.7. The molecule has 0 N–H and O–H groups in total. The molecule has 1 heterocycles. The van der Waals surface area contributed by atoms with Crippen LogP contribution in [0.1, 0.15) is 12.5 Å². The van der Waals surface area contributed by atoms with Gasteiger partial charge in [-0.15, -0.1) is 0 Å². The fourth-order valence-electron chi connectivity index (χ4n) is 2.26. The normalized spacial score (nSPS) is 16.2. The Hall–Kier alpha value is -1.62. The Balaban J connectivity index is 2.00. The number of halogens is 3. The molecule has 2 aromatic rings. The van der Waals surface area contributed by atoms with Gasteiger partial charge in [0.25, 0.3) is 5.91 Å². The lowest BCUT2D eigenvalue weighted by atomic mass is 10.1. The molecule has 0 aromatic heterocycles. The van der Waals surface area contributed by atoms with Crippen molar-refractivity contribution in [3.63, 3.8) is 0 Å². The topological polar surface area (TPSA) is 32.7 Å². The van der Waals surface area contributed by atoms with Crippen LogP contribution in [-0.4, -0.2) is 11.6 Å². The highest BCUT2D eigenvalue weighted by atomic mass is 79.9. The predicted octanol–water partition coefficient (Wildman–Crippen LogP) is 5.56. The molecule has 116 valence electrons. The summed E-state index contributed by atoms with van der Waals surface area (Å²) in [5.41, 5.74) is 2.54. The first-order valence-corrected chi connectivity index (χ1v) is 8.33. The van der Waals surface area contributed by atoms with Gasteiger partial charge in [-0.1, -0.05) is 51.3 Å². The van der Waals surface area contributed by atoms with E-state index in [9.17, 15) is 4.79 Å². The van der Waals surface area contributed by atoms with Gasteiger partial charge in [-0.3, -0.25) is 4.79 Å². The van der Waals surface area contributed by atoms with Gasteiger partial charge in [0.1, 0.15) is 0 Å². The number of carbonyl (C=O) groups is 1. The van der Waals surface area contributed by atoms with Gasteiger partial charge in [0, 0.05) is 9.50 Å². The fraction of sp³-hybridized carbons (Fsp3) is 0.0588. The lowest BCUT2D eigenvalue weighted by molar-refractivity contribution is -0.114. The van der Waals surface area contributed by atoms with E-state index in [2.05, 4.69) is 21.0 Å². The second-order valence-corrected chi connectivity index (χ2v) is 6.77. The standard InChI is InChI=1S/C17H11BrCl2N2O/c1-10-14(8-11-3-2-4-12(18)7-11)17(23)22(21-10)16-9-13(19)5-6-15(16)20/h2-9H,1H3/b14-8-. The fourth-order valence-corrected chi connectivity index (χ4v) is 3.04. The Kier molecular flexibility index (Phi) is 4.57. The summed E-state index contributed by atoms with van der Waals surface area (Å²) >= 11 is 15.6. The quantitative estimate of drug-likeness (QED) is 0.597.